The van der Waals surface area contributed by atoms with E-state index in [-0.39, 0.29) is 5.75 Å². The summed E-state index contributed by atoms with van der Waals surface area (Å²) in [5.41, 5.74) is 8.82. The predicted octanol–water partition coefficient (Wildman–Crippen LogP) is 0.260. The number of benzene rings is 1. The molecule has 0 atom stereocenters. The van der Waals surface area contributed by atoms with E-state index < -0.39 is 0 Å². The Labute approximate surface area is 58.4 Å². The summed E-state index contributed by atoms with van der Waals surface area (Å²) in [6.45, 7) is 0. The van der Waals surface area contributed by atoms with Crippen molar-refractivity contribution in [2.24, 2.45) is 5.84 Å². The fourth-order valence-electron chi connectivity index (χ4n) is 0.718. The molecule has 0 bridgehead atoms. The Morgan fingerprint density at radius 2 is 2.00 bits per heavy atom. The number of hydrogen-bond acceptors (Lipinski definition) is 4. The summed E-state index contributed by atoms with van der Waals surface area (Å²) in [5.74, 6) is 5.18. The second kappa shape index (κ2) is 2.45. The number of hydrazine groups is 1. The van der Waals surface area contributed by atoms with Crippen LogP contribution in [0, 0.1) is 0 Å². The fraction of sp³-hybridized carbons (Fsp3) is 0. The Kier molecular flexibility index (Phi) is 1.64. The topological polar surface area (TPSA) is 84.3 Å². The van der Waals surface area contributed by atoms with Gasteiger partial charge in [0.15, 0.2) is 0 Å². The molecule has 1 aromatic carbocycles. The molecule has 1 rings (SSSR count). The van der Waals surface area contributed by atoms with Crippen molar-refractivity contribution in [2.75, 3.05) is 11.2 Å². The van der Waals surface area contributed by atoms with Crippen LogP contribution in [0.2, 0.25) is 0 Å². The third kappa shape index (κ3) is 1.29. The normalized spacial score (nSPS) is 9.30. The van der Waals surface area contributed by atoms with Gasteiger partial charge in [-0.2, -0.15) is 0 Å². The van der Waals surface area contributed by atoms with Crippen LogP contribution < -0.4 is 17.0 Å². The number of nitrogens with two attached hydrogens (primary N) is 2. The average Bonchev–Trinajstić information content (AvgIpc) is 1.85. The zero-order valence-electron chi connectivity index (χ0n) is 5.33. The van der Waals surface area contributed by atoms with Crippen molar-refractivity contribution in [3.63, 3.8) is 0 Å². The molecule has 1 aromatic rings. The van der Waals surface area contributed by atoms with Gasteiger partial charge in [-0.15, -0.1) is 0 Å². The van der Waals surface area contributed by atoms with E-state index in [9.17, 15) is 0 Å². The standard InChI is InChI=1S/C6H9N3O/c7-4-1-5(9-8)3-6(10)2-4/h1-3,9-10H,7-8H2. The van der Waals surface area contributed by atoms with Gasteiger partial charge in [0.2, 0.25) is 0 Å². The first-order chi connectivity index (χ1) is 4.72. The van der Waals surface area contributed by atoms with Crippen LogP contribution in [0.25, 0.3) is 0 Å². The van der Waals surface area contributed by atoms with Gasteiger partial charge in [0.25, 0.3) is 0 Å². The Balaban J connectivity index is 3.06. The molecular formula is C6H9N3O. The number of nitrogens with one attached hydrogen (secondary N) is 1. The third-order valence-corrected chi connectivity index (χ3v) is 1.11. The van der Waals surface area contributed by atoms with Gasteiger partial charge in [-0.25, -0.2) is 0 Å². The zero-order chi connectivity index (χ0) is 7.56. The highest BCUT2D eigenvalue weighted by Gasteiger charge is 1.93. The molecule has 0 spiro atoms. The number of aromatic hydroxyl groups is 1. The molecule has 0 aliphatic rings. The quantitative estimate of drug-likeness (QED) is 0.255. The van der Waals surface area contributed by atoms with Crippen LogP contribution in [-0.4, -0.2) is 5.11 Å². The van der Waals surface area contributed by atoms with Crippen molar-refractivity contribution < 1.29 is 5.11 Å². The minimum Gasteiger partial charge on any atom is -0.508 e. The third-order valence-electron chi connectivity index (χ3n) is 1.11. The summed E-state index contributed by atoms with van der Waals surface area (Å²) >= 11 is 0. The molecule has 0 saturated carbocycles. The second-order valence-electron chi connectivity index (χ2n) is 1.96. The van der Waals surface area contributed by atoms with Crippen molar-refractivity contribution >= 4 is 11.4 Å². The van der Waals surface area contributed by atoms with Gasteiger partial charge < -0.3 is 16.3 Å². The Hall–Kier alpha value is -1.42. The van der Waals surface area contributed by atoms with Gasteiger partial charge in [0, 0.05) is 17.8 Å². The minimum absolute atomic E-state index is 0.105. The van der Waals surface area contributed by atoms with E-state index in [1.54, 1.807) is 6.07 Å². The summed E-state index contributed by atoms with van der Waals surface area (Å²) in [6, 6.07) is 4.55. The SMILES string of the molecule is NNc1cc(N)cc(O)c1. The summed E-state index contributed by atoms with van der Waals surface area (Å²) < 4.78 is 0. The fourth-order valence-corrected chi connectivity index (χ4v) is 0.718. The van der Waals surface area contributed by atoms with Crippen LogP contribution >= 0.6 is 0 Å². The number of hydrogen-bond donors (Lipinski definition) is 4. The van der Waals surface area contributed by atoms with E-state index in [1.807, 2.05) is 0 Å². The minimum atomic E-state index is 0.105. The van der Waals surface area contributed by atoms with E-state index in [4.69, 9.17) is 16.7 Å². The maximum Gasteiger partial charge on any atom is 0.119 e. The molecule has 0 aromatic heterocycles. The molecule has 4 heteroatoms. The van der Waals surface area contributed by atoms with Crippen LogP contribution in [-0.2, 0) is 0 Å². The molecule has 10 heavy (non-hydrogen) atoms. The molecule has 0 heterocycles. The smallest absolute Gasteiger partial charge is 0.119 e. The molecule has 0 fully saturated rings. The molecular weight excluding hydrogens is 130 g/mol. The molecule has 0 aliphatic carbocycles. The largest absolute Gasteiger partial charge is 0.508 e. The number of anilines is 2. The van der Waals surface area contributed by atoms with Crippen LogP contribution in [0.1, 0.15) is 0 Å². The lowest BCUT2D eigenvalue weighted by Crippen LogP contribution is -2.06. The lowest BCUT2D eigenvalue weighted by atomic mass is 10.3. The molecule has 0 aliphatic heterocycles. The summed E-state index contributed by atoms with van der Waals surface area (Å²) in [4.78, 5) is 0. The first-order valence-electron chi connectivity index (χ1n) is 2.78. The van der Waals surface area contributed by atoms with E-state index in [1.165, 1.54) is 12.1 Å². The predicted molar refractivity (Wildman–Crippen MR) is 40.3 cm³/mol. The van der Waals surface area contributed by atoms with Gasteiger partial charge >= 0.3 is 0 Å². The zero-order valence-corrected chi connectivity index (χ0v) is 5.33. The van der Waals surface area contributed by atoms with Crippen molar-refractivity contribution in [1.82, 2.24) is 0 Å². The van der Waals surface area contributed by atoms with Gasteiger partial charge in [-0.05, 0) is 6.07 Å². The van der Waals surface area contributed by atoms with Crippen LogP contribution in [0.15, 0.2) is 18.2 Å². The van der Waals surface area contributed by atoms with Crippen LogP contribution in [0.4, 0.5) is 11.4 Å². The van der Waals surface area contributed by atoms with Crippen molar-refractivity contribution in [2.45, 2.75) is 0 Å². The van der Waals surface area contributed by atoms with E-state index in [2.05, 4.69) is 5.43 Å². The summed E-state index contributed by atoms with van der Waals surface area (Å²) in [7, 11) is 0. The molecule has 0 unspecified atom stereocenters. The highest BCUT2D eigenvalue weighted by Crippen LogP contribution is 2.19. The number of phenols is 1. The molecule has 0 saturated heterocycles. The number of rotatable bonds is 1. The Bertz CT molecular complexity index is 216. The Morgan fingerprint density at radius 3 is 2.50 bits per heavy atom. The van der Waals surface area contributed by atoms with Crippen molar-refractivity contribution in [3.05, 3.63) is 18.2 Å². The van der Waals surface area contributed by atoms with Crippen LogP contribution in [0.3, 0.4) is 0 Å². The molecule has 6 N–H and O–H groups in total. The molecule has 4 nitrogen and oxygen atoms in total. The van der Waals surface area contributed by atoms with Crippen molar-refractivity contribution in [1.29, 1.82) is 0 Å². The lowest BCUT2D eigenvalue weighted by Gasteiger charge is -2.01. The maximum absolute atomic E-state index is 8.95. The van der Waals surface area contributed by atoms with E-state index in [0.29, 0.717) is 11.4 Å². The molecule has 0 amide bonds. The van der Waals surface area contributed by atoms with E-state index >= 15 is 0 Å². The Morgan fingerprint density at radius 1 is 1.30 bits per heavy atom. The number of phenolic OH excluding ortho intramolecular Hbond substituents is 1. The average molecular weight is 139 g/mol. The van der Waals surface area contributed by atoms with Gasteiger partial charge in [-0.3, -0.25) is 5.84 Å². The van der Waals surface area contributed by atoms with Gasteiger partial charge in [-0.1, -0.05) is 0 Å². The lowest BCUT2D eigenvalue weighted by molar-refractivity contribution is 0.476. The first kappa shape index (κ1) is 6.70. The van der Waals surface area contributed by atoms with Crippen LogP contribution in [0.5, 0.6) is 5.75 Å². The van der Waals surface area contributed by atoms with Gasteiger partial charge in [0.05, 0.1) is 5.69 Å². The van der Waals surface area contributed by atoms with E-state index in [0.717, 1.165) is 0 Å². The summed E-state index contributed by atoms with van der Waals surface area (Å²) in [6.07, 6.45) is 0. The van der Waals surface area contributed by atoms with Gasteiger partial charge in [0.1, 0.15) is 5.75 Å². The highest BCUT2D eigenvalue weighted by atomic mass is 16.3. The monoisotopic (exact) mass is 139 g/mol. The second-order valence-corrected chi connectivity index (χ2v) is 1.96. The highest BCUT2D eigenvalue weighted by molar-refractivity contribution is 5.58. The van der Waals surface area contributed by atoms with Crippen molar-refractivity contribution in [3.8, 4) is 5.75 Å². The summed E-state index contributed by atoms with van der Waals surface area (Å²) in [5, 5.41) is 8.95. The molecule has 54 valence electrons. The first-order valence-corrected chi connectivity index (χ1v) is 2.78. The maximum atomic E-state index is 8.95. The number of nitrogen functional groups attached to an aromatic ring is 2. The molecule has 0 radical (unpaired) electrons.